The third-order valence-electron chi connectivity index (χ3n) is 5.85. The van der Waals surface area contributed by atoms with Crippen molar-refractivity contribution in [3.8, 4) is 10.4 Å². The Morgan fingerprint density at radius 1 is 1.03 bits per heavy atom. The van der Waals surface area contributed by atoms with Gasteiger partial charge < -0.3 is 4.90 Å². The number of nitrogens with zero attached hydrogens (tertiary/aromatic N) is 5. The molecule has 7 heteroatoms. The maximum atomic E-state index is 13.0. The van der Waals surface area contributed by atoms with Crippen molar-refractivity contribution < 1.29 is 4.79 Å². The minimum atomic E-state index is 0.104. The number of thiophene rings is 1. The lowest BCUT2D eigenvalue weighted by Gasteiger charge is -2.34. The van der Waals surface area contributed by atoms with Crippen molar-refractivity contribution in [3.05, 3.63) is 71.4 Å². The largest absolute Gasteiger partial charge is 0.339 e. The lowest BCUT2D eigenvalue weighted by Crippen LogP contribution is -2.49. The smallest absolute Gasteiger partial charge is 0.244 e. The average molecular weight is 432 g/mol. The predicted molar refractivity (Wildman–Crippen MR) is 124 cm³/mol. The summed E-state index contributed by atoms with van der Waals surface area (Å²) in [6.07, 6.45) is 1.81. The van der Waals surface area contributed by atoms with Crippen LogP contribution < -0.4 is 0 Å². The molecule has 1 aromatic carbocycles. The second kappa shape index (κ2) is 8.61. The number of carbonyl (C=O) groups is 1. The van der Waals surface area contributed by atoms with Crippen LogP contribution in [0.4, 0.5) is 0 Å². The van der Waals surface area contributed by atoms with Crippen molar-refractivity contribution in [2.45, 2.75) is 20.0 Å². The number of aryl methyl sites for hydroxylation is 1. The highest BCUT2D eigenvalue weighted by molar-refractivity contribution is 7.13. The molecule has 5 rings (SSSR count). The van der Waals surface area contributed by atoms with E-state index in [0.29, 0.717) is 0 Å². The second-order valence-corrected chi connectivity index (χ2v) is 8.87. The quantitative estimate of drug-likeness (QED) is 0.482. The summed E-state index contributed by atoms with van der Waals surface area (Å²) in [5, 5.41) is 7.77. The fraction of sp³-hybridized carbons (Fsp3) is 0.292. The molecule has 3 aromatic heterocycles. The van der Waals surface area contributed by atoms with E-state index in [1.807, 2.05) is 36.2 Å². The van der Waals surface area contributed by atoms with Gasteiger partial charge in [0, 0.05) is 49.4 Å². The van der Waals surface area contributed by atoms with E-state index < -0.39 is 0 Å². The van der Waals surface area contributed by atoms with Crippen LogP contribution in [0.3, 0.4) is 0 Å². The molecule has 0 atom stereocenters. The van der Waals surface area contributed by atoms with E-state index in [0.717, 1.165) is 55.0 Å². The van der Waals surface area contributed by atoms with Gasteiger partial charge in [0.25, 0.3) is 0 Å². The second-order valence-electron chi connectivity index (χ2n) is 7.92. The van der Waals surface area contributed by atoms with Gasteiger partial charge in [-0.1, -0.05) is 36.4 Å². The number of hydrogen-bond donors (Lipinski definition) is 0. The Morgan fingerprint density at radius 2 is 1.84 bits per heavy atom. The van der Waals surface area contributed by atoms with Gasteiger partial charge in [-0.25, -0.2) is 9.67 Å². The van der Waals surface area contributed by atoms with Crippen molar-refractivity contribution >= 4 is 28.3 Å². The maximum Gasteiger partial charge on any atom is 0.244 e. The fourth-order valence-corrected chi connectivity index (χ4v) is 5.01. The van der Waals surface area contributed by atoms with Crippen LogP contribution in [0.5, 0.6) is 0 Å². The van der Waals surface area contributed by atoms with Crippen LogP contribution in [0.2, 0.25) is 0 Å². The van der Waals surface area contributed by atoms with E-state index in [-0.39, 0.29) is 12.5 Å². The normalized spacial score (nSPS) is 14.9. The first kappa shape index (κ1) is 19.9. The minimum Gasteiger partial charge on any atom is -0.339 e. The Morgan fingerprint density at radius 3 is 2.58 bits per heavy atom. The molecule has 4 heterocycles. The van der Waals surface area contributed by atoms with Crippen molar-refractivity contribution in [1.29, 1.82) is 0 Å². The lowest BCUT2D eigenvalue weighted by atomic mass is 10.1. The Kier molecular flexibility index (Phi) is 5.53. The van der Waals surface area contributed by atoms with Gasteiger partial charge in [-0.3, -0.25) is 9.69 Å². The molecule has 1 saturated heterocycles. The molecule has 1 aliphatic heterocycles. The first-order chi connectivity index (χ1) is 15.2. The first-order valence-electron chi connectivity index (χ1n) is 10.6. The van der Waals surface area contributed by atoms with Gasteiger partial charge in [0.2, 0.25) is 5.91 Å². The number of pyridine rings is 1. The molecular formula is C24H25N5OS. The van der Waals surface area contributed by atoms with Crippen LogP contribution in [0.1, 0.15) is 11.3 Å². The highest BCUT2D eigenvalue weighted by atomic mass is 32.1. The molecule has 4 aromatic rings. The summed E-state index contributed by atoms with van der Waals surface area (Å²) in [6, 6.07) is 16.7. The zero-order valence-electron chi connectivity index (χ0n) is 17.6. The molecule has 0 unspecified atom stereocenters. The van der Waals surface area contributed by atoms with Gasteiger partial charge >= 0.3 is 0 Å². The van der Waals surface area contributed by atoms with Crippen LogP contribution in [-0.2, 0) is 17.9 Å². The van der Waals surface area contributed by atoms with Crippen LogP contribution in [0.15, 0.2) is 60.1 Å². The lowest BCUT2D eigenvalue weighted by molar-refractivity contribution is -0.133. The van der Waals surface area contributed by atoms with E-state index in [1.165, 1.54) is 10.4 Å². The number of amides is 1. The van der Waals surface area contributed by atoms with Gasteiger partial charge in [-0.15, -0.1) is 11.3 Å². The summed E-state index contributed by atoms with van der Waals surface area (Å²) in [7, 11) is 0. The van der Waals surface area contributed by atoms with E-state index in [1.54, 1.807) is 16.0 Å². The molecule has 1 amide bonds. The molecule has 6 nitrogen and oxygen atoms in total. The zero-order valence-corrected chi connectivity index (χ0v) is 18.4. The van der Waals surface area contributed by atoms with Crippen molar-refractivity contribution in [2.24, 2.45) is 0 Å². The highest BCUT2D eigenvalue weighted by Gasteiger charge is 2.23. The number of hydrogen-bond acceptors (Lipinski definition) is 5. The monoisotopic (exact) mass is 431 g/mol. The molecule has 1 fully saturated rings. The van der Waals surface area contributed by atoms with E-state index in [9.17, 15) is 4.79 Å². The fourth-order valence-electron chi connectivity index (χ4n) is 4.25. The van der Waals surface area contributed by atoms with Crippen molar-refractivity contribution in [3.63, 3.8) is 0 Å². The third kappa shape index (κ3) is 4.11. The van der Waals surface area contributed by atoms with Gasteiger partial charge in [0.1, 0.15) is 6.54 Å². The Labute approximate surface area is 185 Å². The molecular weight excluding hydrogens is 406 g/mol. The highest BCUT2D eigenvalue weighted by Crippen LogP contribution is 2.32. The Balaban J connectivity index is 1.28. The maximum absolute atomic E-state index is 13.0. The summed E-state index contributed by atoms with van der Waals surface area (Å²) >= 11 is 1.70. The third-order valence-corrected chi connectivity index (χ3v) is 6.76. The number of piperazine rings is 1. The topological polar surface area (TPSA) is 54.3 Å². The minimum absolute atomic E-state index is 0.104. The van der Waals surface area contributed by atoms with E-state index in [4.69, 9.17) is 0 Å². The number of aromatic nitrogens is 3. The number of rotatable bonds is 5. The predicted octanol–water partition coefficient (Wildman–Crippen LogP) is 3.81. The standard InChI is InChI=1S/C24H25N5OS/c1-18-23-20(21-8-5-15-31-21)9-10-25-24(23)29(26-18)17-22(30)28-13-11-27(12-14-28)16-19-6-3-2-4-7-19/h2-10,15H,11-14,16-17H2,1H3. The Hall–Kier alpha value is -3.03. The van der Waals surface area contributed by atoms with Gasteiger partial charge in [-0.2, -0.15) is 5.10 Å². The molecule has 31 heavy (non-hydrogen) atoms. The Bertz CT molecular complexity index is 1180. The van der Waals surface area contributed by atoms with Gasteiger partial charge in [-0.05, 0) is 30.0 Å². The molecule has 158 valence electrons. The van der Waals surface area contributed by atoms with Gasteiger partial charge in [0.05, 0.1) is 11.1 Å². The van der Waals surface area contributed by atoms with Crippen LogP contribution in [0.25, 0.3) is 21.5 Å². The molecule has 0 spiro atoms. The van der Waals surface area contributed by atoms with E-state index in [2.05, 4.69) is 50.7 Å². The zero-order chi connectivity index (χ0) is 21.2. The summed E-state index contributed by atoms with van der Waals surface area (Å²) in [5.41, 5.74) is 4.13. The summed E-state index contributed by atoms with van der Waals surface area (Å²) in [6.45, 7) is 6.42. The number of carbonyl (C=O) groups excluding carboxylic acids is 1. The van der Waals surface area contributed by atoms with Crippen LogP contribution >= 0.6 is 11.3 Å². The molecule has 0 N–H and O–H groups in total. The summed E-state index contributed by atoms with van der Waals surface area (Å²) in [4.78, 5) is 23.1. The molecule has 0 radical (unpaired) electrons. The molecule has 0 aliphatic carbocycles. The molecule has 0 saturated carbocycles. The molecule has 0 bridgehead atoms. The first-order valence-corrected chi connectivity index (χ1v) is 11.5. The van der Waals surface area contributed by atoms with Crippen LogP contribution in [-0.4, -0.2) is 56.7 Å². The van der Waals surface area contributed by atoms with Crippen LogP contribution in [0, 0.1) is 6.92 Å². The van der Waals surface area contributed by atoms with Gasteiger partial charge in [0.15, 0.2) is 5.65 Å². The van der Waals surface area contributed by atoms with E-state index >= 15 is 0 Å². The SMILES string of the molecule is Cc1nn(CC(=O)N2CCN(Cc3ccccc3)CC2)c2nccc(-c3cccs3)c12. The average Bonchev–Trinajstić information content (AvgIpc) is 3.44. The summed E-state index contributed by atoms with van der Waals surface area (Å²) < 4.78 is 1.76. The number of fused-ring (bicyclic) bond motifs is 1. The summed E-state index contributed by atoms with van der Waals surface area (Å²) in [5.74, 6) is 0.104. The number of benzene rings is 1. The van der Waals surface area contributed by atoms with Crippen molar-refractivity contribution in [2.75, 3.05) is 26.2 Å². The van der Waals surface area contributed by atoms with Crippen molar-refractivity contribution in [1.82, 2.24) is 24.6 Å². The molecule has 1 aliphatic rings.